The van der Waals surface area contributed by atoms with Crippen LogP contribution in [0.1, 0.15) is 17.1 Å². The van der Waals surface area contributed by atoms with Crippen molar-refractivity contribution in [3.05, 3.63) is 35.5 Å². The maximum absolute atomic E-state index is 5.25. The van der Waals surface area contributed by atoms with E-state index in [1.807, 2.05) is 37.7 Å². The monoisotopic (exact) mass is 205 g/mol. The smallest absolute Gasteiger partial charge is 0.122 e. The van der Waals surface area contributed by atoms with Crippen LogP contribution in [0.5, 0.6) is 0 Å². The molecule has 0 fully saturated rings. The van der Waals surface area contributed by atoms with Gasteiger partial charge in [-0.2, -0.15) is 5.10 Å². The van der Waals surface area contributed by atoms with Crippen molar-refractivity contribution in [2.24, 2.45) is 7.05 Å². The minimum atomic E-state index is 0.695. The van der Waals surface area contributed by atoms with E-state index in [9.17, 15) is 0 Å². The van der Waals surface area contributed by atoms with Gasteiger partial charge in [-0.3, -0.25) is 4.68 Å². The molecule has 2 rings (SSSR count). The average Bonchev–Trinajstić information content (AvgIpc) is 2.76. The van der Waals surface area contributed by atoms with Gasteiger partial charge in [0.2, 0.25) is 0 Å². The van der Waals surface area contributed by atoms with Gasteiger partial charge in [0, 0.05) is 7.05 Å². The Labute approximate surface area is 88.9 Å². The zero-order chi connectivity index (χ0) is 10.8. The van der Waals surface area contributed by atoms with Gasteiger partial charge in [-0.15, -0.1) is 0 Å². The highest BCUT2D eigenvalue weighted by molar-refractivity contribution is 5.51. The maximum atomic E-state index is 5.25. The SMILES string of the molecule is Cc1nn(C)c(C)c1NCc1ccco1. The number of hydrogen-bond donors (Lipinski definition) is 1. The van der Waals surface area contributed by atoms with E-state index in [2.05, 4.69) is 10.4 Å². The van der Waals surface area contributed by atoms with Crippen LogP contribution in [0, 0.1) is 13.8 Å². The fourth-order valence-corrected chi connectivity index (χ4v) is 1.62. The van der Waals surface area contributed by atoms with Gasteiger partial charge in [-0.05, 0) is 26.0 Å². The third kappa shape index (κ3) is 1.88. The Morgan fingerprint density at radius 3 is 2.80 bits per heavy atom. The van der Waals surface area contributed by atoms with Gasteiger partial charge in [0.05, 0.1) is 29.9 Å². The van der Waals surface area contributed by atoms with Crippen LogP contribution in [0.4, 0.5) is 5.69 Å². The van der Waals surface area contributed by atoms with Crippen molar-refractivity contribution in [2.45, 2.75) is 20.4 Å². The van der Waals surface area contributed by atoms with Crippen LogP contribution in [0.2, 0.25) is 0 Å². The van der Waals surface area contributed by atoms with Crippen LogP contribution in [0.15, 0.2) is 22.8 Å². The molecule has 0 saturated heterocycles. The first-order valence-corrected chi connectivity index (χ1v) is 4.95. The number of nitrogens with zero attached hydrogens (tertiary/aromatic N) is 2. The standard InChI is InChI=1S/C11H15N3O/c1-8-11(9(2)14(3)13-8)12-7-10-5-4-6-15-10/h4-6,12H,7H2,1-3H3. The van der Waals surface area contributed by atoms with Gasteiger partial charge in [-0.25, -0.2) is 0 Å². The summed E-state index contributed by atoms with van der Waals surface area (Å²) >= 11 is 0. The van der Waals surface area contributed by atoms with E-state index < -0.39 is 0 Å². The summed E-state index contributed by atoms with van der Waals surface area (Å²) < 4.78 is 7.13. The third-order valence-electron chi connectivity index (χ3n) is 2.53. The minimum Gasteiger partial charge on any atom is -0.467 e. The summed E-state index contributed by atoms with van der Waals surface area (Å²) in [6.07, 6.45) is 1.68. The summed E-state index contributed by atoms with van der Waals surface area (Å²) in [5.74, 6) is 0.928. The highest BCUT2D eigenvalue weighted by Gasteiger charge is 2.08. The van der Waals surface area contributed by atoms with Crippen molar-refractivity contribution in [1.29, 1.82) is 0 Å². The molecule has 2 aromatic rings. The summed E-state index contributed by atoms with van der Waals surface area (Å²) in [7, 11) is 1.94. The molecule has 0 unspecified atom stereocenters. The van der Waals surface area contributed by atoms with Gasteiger partial charge in [-0.1, -0.05) is 0 Å². The zero-order valence-corrected chi connectivity index (χ0v) is 9.24. The molecule has 0 bridgehead atoms. The number of aryl methyl sites for hydroxylation is 2. The predicted octanol–water partition coefficient (Wildman–Crippen LogP) is 2.24. The highest BCUT2D eigenvalue weighted by Crippen LogP contribution is 2.19. The number of aromatic nitrogens is 2. The minimum absolute atomic E-state index is 0.695. The summed E-state index contributed by atoms with van der Waals surface area (Å²) in [4.78, 5) is 0. The van der Waals surface area contributed by atoms with E-state index >= 15 is 0 Å². The fourth-order valence-electron chi connectivity index (χ4n) is 1.62. The Hall–Kier alpha value is -1.71. The Morgan fingerprint density at radius 1 is 1.47 bits per heavy atom. The number of anilines is 1. The molecule has 0 amide bonds. The molecule has 0 aliphatic rings. The molecular formula is C11H15N3O. The van der Waals surface area contributed by atoms with Crippen molar-refractivity contribution < 1.29 is 4.42 Å². The molecule has 0 spiro atoms. The van der Waals surface area contributed by atoms with E-state index in [4.69, 9.17) is 4.42 Å². The quantitative estimate of drug-likeness (QED) is 0.835. The van der Waals surface area contributed by atoms with Crippen molar-refractivity contribution >= 4 is 5.69 Å². The van der Waals surface area contributed by atoms with Gasteiger partial charge in [0.1, 0.15) is 5.76 Å². The molecule has 0 aliphatic carbocycles. The van der Waals surface area contributed by atoms with E-state index in [0.29, 0.717) is 6.54 Å². The average molecular weight is 205 g/mol. The summed E-state index contributed by atoms with van der Waals surface area (Å²) in [5.41, 5.74) is 3.24. The second-order valence-corrected chi connectivity index (χ2v) is 3.60. The second kappa shape index (κ2) is 3.81. The van der Waals surface area contributed by atoms with Gasteiger partial charge < -0.3 is 9.73 Å². The van der Waals surface area contributed by atoms with E-state index in [1.54, 1.807) is 6.26 Å². The number of nitrogens with one attached hydrogen (secondary N) is 1. The fraction of sp³-hybridized carbons (Fsp3) is 0.364. The second-order valence-electron chi connectivity index (χ2n) is 3.60. The maximum Gasteiger partial charge on any atom is 0.122 e. The summed E-state index contributed by atoms with van der Waals surface area (Å²) in [6, 6.07) is 3.84. The third-order valence-corrected chi connectivity index (χ3v) is 2.53. The Bertz CT molecular complexity index is 443. The van der Waals surface area contributed by atoms with Crippen molar-refractivity contribution in [3.8, 4) is 0 Å². The normalized spacial score (nSPS) is 10.6. The molecule has 0 aromatic carbocycles. The van der Waals surface area contributed by atoms with Crippen molar-refractivity contribution in [2.75, 3.05) is 5.32 Å². The number of hydrogen-bond acceptors (Lipinski definition) is 3. The molecule has 0 atom stereocenters. The summed E-state index contributed by atoms with van der Waals surface area (Å²) in [6.45, 7) is 4.74. The van der Waals surface area contributed by atoms with Crippen LogP contribution in [0.25, 0.3) is 0 Å². The van der Waals surface area contributed by atoms with Crippen LogP contribution >= 0.6 is 0 Å². The lowest BCUT2D eigenvalue weighted by molar-refractivity contribution is 0.518. The molecule has 2 aromatic heterocycles. The van der Waals surface area contributed by atoms with Crippen LogP contribution in [-0.2, 0) is 13.6 Å². The molecule has 15 heavy (non-hydrogen) atoms. The van der Waals surface area contributed by atoms with E-state index in [0.717, 1.165) is 22.8 Å². The first kappa shape index (κ1) is 9.83. The number of rotatable bonds is 3. The van der Waals surface area contributed by atoms with E-state index in [-0.39, 0.29) is 0 Å². The van der Waals surface area contributed by atoms with Gasteiger partial charge in [0.25, 0.3) is 0 Å². The molecule has 1 N–H and O–H groups in total. The van der Waals surface area contributed by atoms with Crippen LogP contribution < -0.4 is 5.32 Å². The first-order chi connectivity index (χ1) is 7.18. The summed E-state index contributed by atoms with van der Waals surface area (Å²) in [5, 5.41) is 7.66. The Morgan fingerprint density at radius 2 is 2.27 bits per heavy atom. The lowest BCUT2D eigenvalue weighted by Gasteiger charge is -2.04. The number of furan rings is 1. The molecule has 4 heteroatoms. The molecule has 80 valence electrons. The Kier molecular flexibility index (Phi) is 2.49. The molecular weight excluding hydrogens is 190 g/mol. The van der Waals surface area contributed by atoms with Crippen LogP contribution in [-0.4, -0.2) is 9.78 Å². The van der Waals surface area contributed by atoms with Crippen LogP contribution in [0.3, 0.4) is 0 Å². The zero-order valence-electron chi connectivity index (χ0n) is 9.24. The van der Waals surface area contributed by atoms with E-state index in [1.165, 1.54) is 0 Å². The lowest BCUT2D eigenvalue weighted by atomic mass is 10.3. The molecule has 2 heterocycles. The topological polar surface area (TPSA) is 43.0 Å². The van der Waals surface area contributed by atoms with Crippen molar-refractivity contribution in [3.63, 3.8) is 0 Å². The lowest BCUT2D eigenvalue weighted by Crippen LogP contribution is -2.00. The highest BCUT2D eigenvalue weighted by atomic mass is 16.3. The predicted molar refractivity (Wildman–Crippen MR) is 58.7 cm³/mol. The van der Waals surface area contributed by atoms with Gasteiger partial charge in [0.15, 0.2) is 0 Å². The van der Waals surface area contributed by atoms with Gasteiger partial charge >= 0.3 is 0 Å². The molecule has 4 nitrogen and oxygen atoms in total. The molecule has 0 radical (unpaired) electrons. The van der Waals surface area contributed by atoms with Crippen molar-refractivity contribution in [1.82, 2.24) is 9.78 Å². The Balaban J connectivity index is 2.11. The molecule has 0 aliphatic heterocycles. The first-order valence-electron chi connectivity index (χ1n) is 4.95. The molecule has 0 saturated carbocycles. The largest absolute Gasteiger partial charge is 0.467 e.